The Morgan fingerprint density at radius 1 is 1.12 bits per heavy atom. The number of fused-ring (bicyclic) bond motifs is 1. The first kappa shape index (κ1) is 23.8. The zero-order chi connectivity index (χ0) is 22.3. The summed E-state index contributed by atoms with van der Waals surface area (Å²) in [4.78, 5) is 26.0. The van der Waals surface area contributed by atoms with Crippen LogP contribution in [-0.4, -0.2) is 17.9 Å². The highest BCUT2D eigenvalue weighted by atomic mass is 35.5. The van der Waals surface area contributed by atoms with E-state index in [1.54, 1.807) is 36.4 Å². The molecule has 4 rings (SSSR count). The van der Waals surface area contributed by atoms with Crippen LogP contribution in [0.15, 0.2) is 53.9 Å². The number of benzene rings is 2. The summed E-state index contributed by atoms with van der Waals surface area (Å²) in [6.45, 7) is 3.63. The number of nitrogens with one attached hydrogen (secondary N) is 1. The van der Waals surface area contributed by atoms with Crippen molar-refractivity contribution in [3.05, 3.63) is 81.5 Å². The van der Waals surface area contributed by atoms with Gasteiger partial charge in [-0.2, -0.15) is 0 Å². The highest BCUT2D eigenvalue weighted by Gasteiger charge is 2.51. The molecule has 5 nitrogen and oxygen atoms in total. The predicted molar refractivity (Wildman–Crippen MR) is 121 cm³/mol. The van der Waals surface area contributed by atoms with Gasteiger partial charge in [-0.3, -0.25) is 4.79 Å². The molecule has 0 radical (unpaired) electrons. The second-order valence-electron chi connectivity index (χ2n) is 7.68. The largest absolute Gasteiger partial charge is 0.425 e. The molecule has 1 amide bonds. The van der Waals surface area contributed by atoms with Crippen LogP contribution < -0.4 is 15.8 Å². The molecule has 0 saturated heterocycles. The third kappa shape index (κ3) is 3.68. The number of carbonyl (C=O) groups is 2. The van der Waals surface area contributed by atoms with Crippen LogP contribution in [0.3, 0.4) is 0 Å². The number of esters is 1. The Morgan fingerprint density at radius 2 is 1.81 bits per heavy atom. The molecule has 1 aliphatic heterocycles. The van der Waals surface area contributed by atoms with Crippen LogP contribution in [0, 0.1) is 17.6 Å². The van der Waals surface area contributed by atoms with Crippen molar-refractivity contribution in [3.8, 4) is 5.75 Å². The number of ether oxygens (including phenoxy) is 1. The zero-order valence-corrected chi connectivity index (χ0v) is 18.9. The molecule has 0 saturated carbocycles. The summed E-state index contributed by atoms with van der Waals surface area (Å²) >= 11 is 1.33. The normalized spacial score (nSPS) is 18.0. The molecule has 9 heteroatoms. The monoisotopic (exact) mass is 478 g/mol. The van der Waals surface area contributed by atoms with E-state index in [4.69, 9.17) is 10.5 Å². The topological polar surface area (TPSA) is 81.4 Å². The van der Waals surface area contributed by atoms with Crippen LogP contribution in [0.1, 0.15) is 29.9 Å². The maximum atomic E-state index is 14.5. The lowest BCUT2D eigenvalue weighted by molar-refractivity contribution is -0.136. The van der Waals surface area contributed by atoms with E-state index in [1.807, 2.05) is 19.2 Å². The van der Waals surface area contributed by atoms with E-state index in [0.717, 1.165) is 6.07 Å². The molecule has 2 heterocycles. The third-order valence-corrected chi connectivity index (χ3v) is 6.45. The number of rotatable bonds is 5. The lowest BCUT2D eigenvalue weighted by Gasteiger charge is -2.27. The average Bonchev–Trinajstić information content (AvgIpc) is 3.37. The van der Waals surface area contributed by atoms with Gasteiger partial charge >= 0.3 is 5.97 Å². The van der Waals surface area contributed by atoms with E-state index in [1.165, 1.54) is 17.4 Å². The summed E-state index contributed by atoms with van der Waals surface area (Å²) in [6.07, 6.45) is 0. The first-order valence-corrected chi connectivity index (χ1v) is 10.6. The van der Waals surface area contributed by atoms with Crippen molar-refractivity contribution in [1.29, 1.82) is 0 Å². The van der Waals surface area contributed by atoms with E-state index in [9.17, 15) is 18.4 Å². The molecule has 1 aliphatic rings. The first-order valence-electron chi connectivity index (χ1n) is 9.68. The van der Waals surface area contributed by atoms with Gasteiger partial charge in [-0.1, -0.05) is 38.1 Å². The van der Waals surface area contributed by atoms with Crippen LogP contribution in [-0.2, 0) is 15.0 Å². The van der Waals surface area contributed by atoms with Crippen molar-refractivity contribution in [1.82, 2.24) is 0 Å². The minimum absolute atomic E-state index is 0. The zero-order valence-electron chi connectivity index (χ0n) is 17.2. The molecule has 0 aliphatic carbocycles. The molecule has 2 unspecified atom stereocenters. The molecule has 32 heavy (non-hydrogen) atoms. The summed E-state index contributed by atoms with van der Waals surface area (Å²) in [7, 11) is 0. The van der Waals surface area contributed by atoms with Crippen LogP contribution in [0.5, 0.6) is 5.75 Å². The smallest absolute Gasteiger partial charge is 0.328 e. The number of anilines is 1. The van der Waals surface area contributed by atoms with Crippen molar-refractivity contribution < 1.29 is 23.1 Å². The van der Waals surface area contributed by atoms with Crippen LogP contribution in [0.2, 0.25) is 0 Å². The number of amides is 1. The SMILES string of the molecule is CC(C)C(N)C(=O)Oc1ccc(C2(c3cccs3)C(=O)Nc3c2ccc(F)c3F)cc1.Cl. The second kappa shape index (κ2) is 8.97. The third-order valence-electron chi connectivity index (χ3n) is 5.46. The first-order chi connectivity index (χ1) is 14.8. The van der Waals surface area contributed by atoms with Crippen LogP contribution in [0.25, 0.3) is 0 Å². The molecule has 3 N–H and O–H groups in total. The fraction of sp³-hybridized carbons (Fsp3) is 0.217. The van der Waals surface area contributed by atoms with Crippen molar-refractivity contribution in [3.63, 3.8) is 0 Å². The number of thiophene rings is 1. The Bertz CT molecular complexity index is 1150. The Hall–Kier alpha value is -2.81. The highest BCUT2D eigenvalue weighted by Crippen LogP contribution is 2.50. The molecule has 0 spiro atoms. The summed E-state index contributed by atoms with van der Waals surface area (Å²) in [5.74, 6) is -2.99. The van der Waals surface area contributed by atoms with Gasteiger partial charge in [-0.05, 0) is 41.1 Å². The van der Waals surface area contributed by atoms with Crippen molar-refractivity contribution in [2.45, 2.75) is 25.3 Å². The van der Waals surface area contributed by atoms with Gasteiger partial charge in [0.2, 0.25) is 5.91 Å². The molecular weight excluding hydrogens is 458 g/mol. The van der Waals surface area contributed by atoms with E-state index >= 15 is 0 Å². The fourth-order valence-corrected chi connectivity index (χ4v) is 4.67. The summed E-state index contributed by atoms with van der Waals surface area (Å²) in [6, 6.07) is 11.6. The molecule has 3 aromatic rings. The average molecular weight is 479 g/mol. The van der Waals surface area contributed by atoms with Crippen molar-refractivity contribution >= 4 is 41.3 Å². The number of halogens is 3. The van der Waals surface area contributed by atoms with Crippen LogP contribution in [0.4, 0.5) is 14.5 Å². The predicted octanol–water partition coefficient (Wildman–Crippen LogP) is 4.62. The highest BCUT2D eigenvalue weighted by molar-refractivity contribution is 7.10. The summed E-state index contributed by atoms with van der Waals surface area (Å²) in [5, 5.41) is 4.32. The van der Waals surface area contributed by atoms with Gasteiger partial charge in [0.15, 0.2) is 11.6 Å². The minimum atomic E-state index is -1.35. The molecule has 1 aromatic heterocycles. The van der Waals surface area contributed by atoms with E-state index in [0.29, 0.717) is 16.0 Å². The molecule has 0 fully saturated rings. The molecule has 0 bridgehead atoms. The standard InChI is InChI=1S/C23H20F2N2O3S.ClH/c1-12(2)19(26)21(28)30-14-7-5-13(6-8-14)23(17-4-3-11-31-17)15-9-10-16(24)18(25)20(15)27-22(23)29;/h3-12,19H,26H2,1-2H3,(H,27,29);1H. The van der Waals surface area contributed by atoms with Gasteiger partial charge in [0.1, 0.15) is 17.2 Å². The maximum Gasteiger partial charge on any atom is 0.328 e. The van der Waals surface area contributed by atoms with Crippen LogP contribution >= 0.6 is 23.7 Å². The second-order valence-corrected chi connectivity index (χ2v) is 8.63. The Balaban J connectivity index is 0.00000289. The van der Waals surface area contributed by atoms with Crippen molar-refractivity contribution in [2.75, 3.05) is 5.32 Å². The van der Waals surface area contributed by atoms with Gasteiger partial charge in [0.05, 0.1) is 5.69 Å². The van der Waals surface area contributed by atoms with Gasteiger partial charge in [-0.25, -0.2) is 13.6 Å². The number of carbonyl (C=O) groups excluding carboxylic acids is 2. The molecule has 2 atom stereocenters. The Morgan fingerprint density at radius 3 is 2.41 bits per heavy atom. The van der Waals surface area contributed by atoms with Gasteiger partial charge in [-0.15, -0.1) is 23.7 Å². The number of hydrogen-bond donors (Lipinski definition) is 2. The minimum Gasteiger partial charge on any atom is -0.425 e. The maximum absolute atomic E-state index is 14.5. The summed E-state index contributed by atoms with van der Waals surface area (Å²) in [5.41, 5.74) is 5.16. The Labute approximate surface area is 194 Å². The molecule has 168 valence electrons. The number of hydrogen-bond acceptors (Lipinski definition) is 5. The number of nitrogens with two attached hydrogens (primary N) is 1. The fourth-order valence-electron chi connectivity index (χ4n) is 3.71. The van der Waals surface area contributed by atoms with Crippen molar-refractivity contribution in [2.24, 2.45) is 11.7 Å². The van der Waals surface area contributed by atoms with Gasteiger partial charge in [0.25, 0.3) is 0 Å². The molecular formula is C23H21ClF2N2O3S. The summed E-state index contributed by atoms with van der Waals surface area (Å²) < 4.78 is 33.6. The quantitative estimate of drug-likeness (QED) is 0.414. The van der Waals surface area contributed by atoms with Gasteiger partial charge in [0, 0.05) is 10.4 Å². The lowest BCUT2D eigenvalue weighted by Crippen LogP contribution is -2.38. The molecule has 2 aromatic carbocycles. The Kier molecular flexibility index (Phi) is 6.69. The van der Waals surface area contributed by atoms with E-state index in [-0.39, 0.29) is 29.8 Å². The lowest BCUT2D eigenvalue weighted by atomic mass is 9.74. The van der Waals surface area contributed by atoms with E-state index < -0.39 is 35.0 Å². The van der Waals surface area contributed by atoms with Gasteiger partial charge < -0.3 is 15.8 Å². The van der Waals surface area contributed by atoms with E-state index in [2.05, 4.69) is 5.32 Å².